The Bertz CT molecular complexity index is 1010. The van der Waals surface area contributed by atoms with Crippen LogP contribution in [-0.2, 0) is 19.6 Å². The Hall–Kier alpha value is -1.88. The van der Waals surface area contributed by atoms with Gasteiger partial charge in [-0.1, -0.05) is 17.5 Å². The number of hydrogen-bond donors (Lipinski definition) is 0. The molecule has 1 heterocycles. The first kappa shape index (κ1) is 22.8. The Morgan fingerprint density at radius 1 is 1.20 bits per heavy atom. The summed E-state index contributed by atoms with van der Waals surface area (Å²) in [6.45, 7) is 4.01. The number of carbonyl (C=O) groups is 2. The molecule has 0 radical (unpaired) electrons. The highest BCUT2D eigenvalue weighted by molar-refractivity contribution is 7.89. The van der Waals surface area contributed by atoms with Crippen molar-refractivity contribution in [3.63, 3.8) is 0 Å². The van der Waals surface area contributed by atoms with Gasteiger partial charge in [0.25, 0.3) is 0 Å². The van der Waals surface area contributed by atoms with Crippen LogP contribution in [0.5, 0.6) is 5.75 Å². The van der Waals surface area contributed by atoms with Crippen molar-refractivity contribution in [3.05, 3.63) is 28.3 Å². The lowest BCUT2D eigenvalue weighted by Crippen LogP contribution is -2.48. The third kappa shape index (κ3) is 4.27. The third-order valence-electron chi connectivity index (χ3n) is 6.15. The van der Waals surface area contributed by atoms with E-state index >= 15 is 0 Å². The summed E-state index contributed by atoms with van der Waals surface area (Å²) in [5.74, 6) is 4.80. The molecule has 0 amide bonds. The molecule has 30 heavy (non-hydrogen) atoms. The molecule has 2 fully saturated rings. The maximum absolute atomic E-state index is 13.1. The van der Waals surface area contributed by atoms with Gasteiger partial charge in [0, 0.05) is 42.1 Å². The molecule has 1 aliphatic heterocycles. The number of ether oxygens (including phenoxy) is 1. The van der Waals surface area contributed by atoms with Gasteiger partial charge in [0.2, 0.25) is 10.0 Å². The molecule has 0 unspecified atom stereocenters. The first-order valence-corrected chi connectivity index (χ1v) is 12.0. The number of sulfonamides is 1. The number of methoxy groups -OCH3 is 1. The predicted molar refractivity (Wildman–Crippen MR) is 115 cm³/mol. The van der Waals surface area contributed by atoms with Gasteiger partial charge in [0.05, 0.1) is 12.9 Å². The molecule has 0 atom stereocenters. The normalized spacial score (nSPS) is 20.1. The Kier molecular flexibility index (Phi) is 6.61. The number of Topliss-reactive ketones (excluding diaryl/α,β-unsaturated/α-hetero) is 2. The molecule has 6 nitrogen and oxygen atoms in total. The summed E-state index contributed by atoms with van der Waals surface area (Å²) in [7, 11) is -1.79. The Morgan fingerprint density at radius 3 is 2.30 bits per heavy atom. The second-order valence-corrected chi connectivity index (χ2v) is 10.6. The van der Waals surface area contributed by atoms with Gasteiger partial charge >= 0.3 is 0 Å². The van der Waals surface area contributed by atoms with Crippen molar-refractivity contribution in [2.24, 2.45) is 5.41 Å². The van der Waals surface area contributed by atoms with Crippen LogP contribution in [0.2, 0.25) is 5.02 Å². The number of halogens is 1. The average Bonchev–Trinajstić information content (AvgIpc) is 2.69. The van der Waals surface area contributed by atoms with Crippen molar-refractivity contribution in [2.75, 3.05) is 26.0 Å². The zero-order valence-corrected chi connectivity index (χ0v) is 19.0. The fraction of sp³-hybridized carbons (Fsp3) is 0.545. The molecule has 1 saturated carbocycles. The second kappa shape index (κ2) is 8.70. The summed E-state index contributed by atoms with van der Waals surface area (Å²) < 4.78 is 31.2. The van der Waals surface area contributed by atoms with Gasteiger partial charge in [-0.15, -0.1) is 5.92 Å². The standard InChI is InChI=1S/C22H26ClNO5S/c1-4-6-15-11-16(23)20(19(12-15)29-3)21-17(25)13-22(14-18(21)26)7-9-24(10-8-22)30(27,28)5-2/h11-12,21H,5,7-10,13-14H2,1-3H3. The van der Waals surface area contributed by atoms with Gasteiger partial charge in [-0.3, -0.25) is 9.59 Å². The fourth-order valence-electron chi connectivity index (χ4n) is 4.54. The lowest BCUT2D eigenvalue weighted by atomic mass is 9.63. The lowest BCUT2D eigenvalue weighted by molar-refractivity contribution is -0.138. The van der Waals surface area contributed by atoms with Crippen molar-refractivity contribution in [3.8, 4) is 17.6 Å². The van der Waals surface area contributed by atoms with Gasteiger partial charge in [0.15, 0.2) is 0 Å². The molecule has 0 aromatic heterocycles. The third-order valence-corrected chi connectivity index (χ3v) is 8.35. The first-order valence-electron chi connectivity index (χ1n) is 10.00. The highest BCUT2D eigenvalue weighted by Crippen LogP contribution is 2.48. The van der Waals surface area contributed by atoms with Crippen molar-refractivity contribution >= 4 is 33.2 Å². The van der Waals surface area contributed by atoms with Crippen LogP contribution < -0.4 is 4.74 Å². The van der Waals surface area contributed by atoms with E-state index in [1.807, 2.05) is 0 Å². The number of rotatable bonds is 4. The summed E-state index contributed by atoms with van der Waals surface area (Å²) in [4.78, 5) is 26.3. The van der Waals surface area contributed by atoms with Gasteiger partial charge in [-0.05, 0) is 44.2 Å². The molecule has 8 heteroatoms. The Labute approximate surface area is 183 Å². The minimum absolute atomic E-state index is 0.0522. The minimum Gasteiger partial charge on any atom is -0.496 e. The van der Waals surface area contributed by atoms with Crippen LogP contribution in [0.25, 0.3) is 0 Å². The van der Waals surface area contributed by atoms with E-state index in [0.717, 1.165) is 0 Å². The predicted octanol–water partition coefficient (Wildman–Crippen LogP) is 3.17. The van der Waals surface area contributed by atoms with E-state index in [4.69, 9.17) is 16.3 Å². The van der Waals surface area contributed by atoms with E-state index in [1.165, 1.54) is 11.4 Å². The molecule has 2 aliphatic rings. The summed E-state index contributed by atoms with van der Waals surface area (Å²) in [6.07, 6.45) is 1.48. The smallest absolute Gasteiger partial charge is 0.213 e. The van der Waals surface area contributed by atoms with Gasteiger partial charge in [0.1, 0.15) is 23.2 Å². The second-order valence-electron chi connectivity index (χ2n) is 7.97. The summed E-state index contributed by atoms with van der Waals surface area (Å²) in [5.41, 5.74) is 0.578. The monoisotopic (exact) mass is 451 g/mol. The van der Waals surface area contributed by atoms with Gasteiger partial charge in [-0.25, -0.2) is 12.7 Å². The van der Waals surface area contributed by atoms with E-state index in [9.17, 15) is 18.0 Å². The molecular formula is C22H26ClNO5S. The Morgan fingerprint density at radius 2 is 1.80 bits per heavy atom. The topological polar surface area (TPSA) is 80.8 Å². The quantitative estimate of drug-likeness (QED) is 0.518. The molecule has 0 N–H and O–H groups in total. The molecule has 0 bridgehead atoms. The highest BCUT2D eigenvalue weighted by Gasteiger charge is 2.48. The largest absolute Gasteiger partial charge is 0.496 e. The number of ketones is 2. The molecular weight excluding hydrogens is 426 g/mol. The number of benzene rings is 1. The van der Waals surface area contributed by atoms with Crippen molar-refractivity contribution in [2.45, 2.75) is 45.4 Å². The molecule has 162 valence electrons. The van der Waals surface area contributed by atoms with Crippen LogP contribution in [0.4, 0.5) is 0 Å². The van der Waals surface area contributed by atoms with Crippen molar-refractivity contribution in [1.29, 1.82) is 0 Å². The molecule has 1 spiro atoms. The van der Waals surface area contributed by atoms with Crippen LogP contribution in [0, 0.1) is 17.3 Å². The lowest BCUT2D eigenvalue weighted by Gasteiger charge is -2.44. The van der Waals surface area contributed by atoms with Gasteiger partial charge in [-0.2, -0.15) is 0 Å². The van der Waals surface area contributed by atoms with E-state index in [-0.39, 0.29) is 30.2 Å². The first-order chi connectivity index (χ1) is 14.2. The van der Waals surface area contributed by atoms with Crippen molar-refractivity contribution < 1.29 is 22.7 Å². The zero-order chi connectivity index (χ0) is 22.1. The Balaban J connectivity index is 1.86. The van der Waals surface area contributed by atoms with E-state index in [0.29, 0.717) is 47.8 Å². The van der Waals surface area contributed by atoms with Gasteiger partial charge < -0.3 is 4.74 Å². The molecule has 3 rings (SSSR count). The van der Waals surface area contributed by atoms with Crippen LogP contribution in [0.15, 0.2) is 12.1 Å². The summed E-state index contributed by atoms with van der Waals surface area (Å²) >= 11 is 6.45. The molecule has 1 aromatic carbocycles. The number of nitrogens with zero attached hydrogens (tertiary/aromatic N) is 1. The SMILES string of the molecule is CC#Cc1cc(Cl)c(C2C(=O)CC3(CCN(S(=O)(=O)CC)CC3)CC2=O)c(OC)c1. The number of carbonyl (C=O) groups excluding carboxylic acids is 2. The van der Waals surface area contributed by atoms with E-state index in [2.05, 4.69) is 11.8 Å². The number of piperidine rings is 1. The average molecular weight is 452 g/mol. The van der Waals surface area contributed by atoms with E-state index in [1.54, 1.807) is 26.0 Å². The van der Waals surface area contributed by atoms with Crippen LogP contribution in [0.3, 0.4) is 0 Å². The molecule has 1 aromatic rings. The van der Waals surface area contributed by atoms with Crippen LogP contribution in [-0.4, -0.2) is 50.2 Å². The van der Waals surface area contributed by atoms with E-state index < -0.39 is 21.4 Å². The highest BCUT2D eigenvalue weighted by atomic mass is 35.5. The molecule has 1 saturated heterocycles. The summed E-state index contributed by atoms with van der Waals surface area (Å²) in [5, 5.41) is 0.290. The maximum atomic E-state index is 13.1. The van der Waals surface area contributed by atoms with Crippen LogP contribution in [0.1, 0.15) is 56.6 Å². The summed E-state index contributed by atoms with van der Waals surface area (Å²) in [6, 6.07) is 3.34. The molecule has 1 aliphatic carbocycles. The van der Waals surface area contributed by atoms with Crippen molar-refractivity contribution in [1.82, 2.24) is 4.31 Å². The maximum Gasteiger partial charge on any atom is 0.213 e. The zero-order valence-electron chi connectivity index (χ0n) is 17.5. The minimum atomic E-state index is -3.26. The number of hydrogen-bond acceptors (Lipinski definition) is 5. The van der Waals surface area contributed by atoms with Crippen LogP contribution >= 0.6 is 11.6 Å². The fourth-order valence-corrected chi connectivity index (χ4v) is 5.96.